The number of nitro groups is 1. The van der Waals surface area contributed by atoms with Crippen molar-refractivity contribution in [1.82, 2.24) is 4.98 Å². The Hall–Kier alpha value is -1.17. The molecule has 0 N–H and O–H groups in total. The molecule has 0 saturated carbocycles. The van der Waals surface area contributed by atoms with Gasteiger partial charge in [-0.05, 0) is 15.9 Å². The maximum Gasteiger partial charge on any atom is 0.311 e. The zero-order chi connectivity index (χ0) is 10.0. The van der Waals surface area contributed by atoms with Gasteiger partial charge in [0.2, 0.25) is 0 Å². The Labute approximate surface area is 83.7 Å². The number of rotatable bonds is 2. The third-order valence-corrected chi connectivity index (χ3v) is 2.08. The molecule has 0 fully saturated rings. The number of halogens is 1. The lowest BCUT2D eigenvalue weighted by atomic mass is 10.3. The molecule has 0 amide bonds. The Morgan fingerprint density at radius 1 is 1.54 bits per heavy atom. The van der Waals surface area contributed by atoms with Crippen LogP contribution in [0.15, 0.2) is 16.9 Å². The van der Waals surface area contributed by atoms with E-state index >= 15 is 0 Å². The third-order valence-electron chi connectivity index (χ3n) is 1.50. The van der Waals surface area contributed by atoms with Crippen molar-refractivity contribution in [2.24, 2.45) is 0 Å². The minimum Gasteiger partial charge on any atom is -0.371 e. The van der Waals surface area contributed by atoms with Gasteiger partial charge in [0.1, 0.15) is 11.9 Å². The van der Waals surface area contributed by atoms with Gasteiger partial charge in [0.05, 0.1) is 9.40 Å². The molecule has 0 saturated heterocycles. The van der Waals surface area contributed by atoms with E-state index in [1.807, 2.05) is 0 Å². The molecular weight excluding hydrogens is 238 g/mol. The third kappa shape index (κ3) is 1.95. The summed E-state index contributed by atoms with van der Waals surface area (Å²) in [4.78, 5) is 15.5. The first-order valence-electron chi connectivity index (χ1n) is 3.49. The zero-order valence-electron chi connectivity index (χ0n) is 7.19. The fourth-order valence-corrected chi connectivity index (χ4v) is 1.67. The van der Waals surface area contributed by atoms with E-state index in [1.54, 1.807) is 19.0 Å². The molecule has 6 heteroatoms. The van der Waals surface area contributed by atoms with Crippen LogP contribution in [0.25, 0.3) is 0 Å². The van der Waals surface area contributed by atoms with Crippen LogP contribution in [0, 0.1) is 10.1 Å². The van der Waals surface area contributed by atoms with Crippen molar-refractivity contribution < 1.29 is 4.92 Å². The Bertz CT molecular complexity index is 341. The Kier molecular flexibility index (Phi) is 2.82. The van der Waals surface area contributed by atoms with Crippen LogP contribution in [-0.2, 0) is 0 Å². The van der Waals surface area contributed by atoms with Gasteiger partial charge in [0, 0.05) is 20.3 Å². The Balaban J connectivity index is 3.34. The van der Waals surface area contributed by atoms with E-state index in [0.29, 0.717) is 10.2 Å². The second-order valence-corrected chi connectivity index (χ2v) is 3.49. The number of hydrogen-bond acceptors (Lipinski definition) is 4. The highest BCUT2D eigenvalue weighted by molar-refractivity contribution is 9.10. The number of anilines is 1. The maximum atomic E-state index is 10.6. The van der Waals surface area contributed by atoms with Gasteiger partial charge in [-0.15, -0.1) is 0 Å². The van der Waals surface area contributed by atoms with Crippen molar-refractivity contribution in [3.05, 3.63) is 27.0 Å². The summed E-state index contributed by atoms with van der Waals surface area (Å²) in [7, 11) is 3.49. The van der Waals surface area contributed by atoms with Gasteiger partial charge in [-0.2, -0.15) is 0 Å². The molecule has 0 unspecified atom stereocenters. The van der Waals surface area contributed by atoms with Crippen LogP contribution in [0.3, 0.4) is 0 Å². The van der Waals surface area contributed by atoms with Crippen molar-refractivity contribution in [2.45, 2.75) is 0 Å². The highest BCUT2D eigenvalue weighted by atomic mass is 79.9. The van der Waals surface area contributed by atoms with Gasteiger partial charge in [0.15, 0.2) is 0 Å². The Morgan fingerprint density at radius 3 is 2.54 bits per heavy atom. The van der Waals surface area contributed by atoms with Crippen LogP contribution in [-0.4, -0.2) is 24.0 Å². The second kappa shape index (κ2) is 3.69. The molecule has 0 bridgehead atoms. The fourth-order valence-electron chi connectivity index (χ4n) is 0.994. The van der Waals surface area contributed by atoms with E-state index < -0.39 is 4.92 Å². The number of pyridine rings is 1. The second-order valence-electron chi connectivity index (χ2n) is 2.64. The average Bonchev–Trinajstić information content (AvgIpc) is 2.02. The molecule has 0 radical (unpaired) electrons. The van der Waals surface area contributed by atoms with Gasteiger partial charge < -0.3 is 4.90 Å². The van der Waals surface area contributed by atoms with Crippen molar-refractivity contribution >= 4 is 27.3 Å². The van der Waals surface area contributed by atoms with Crippen LogP contribution in [0.4, 0.5) is 11.4 Å². The largest absolute Gasteiger partial charge is 0.371 e. The molecule has 70 valence electrons. The van der Waals surface area contributed by atoms with E-state index in [9.17, 15) is 10.1 Å². The van der Waals surface area contributed by atoms with E-state index in [-0.39, 0.29) is 5.69 Å². The van der Waals surface area contributed by atoms with Crippen LogP contribution in [0.2, 0.25) is 0 Å². The molecule has 0 aromatic carbocycles. The highest BCUT2D eigenvalue weighted by Gasteiger charge is 2.18. The van der Waals surface area contributed by atoms with E-state index in [1.165, 1.54) is 12.4 Å². The van der Waals surface area contributed by atoms with Gasteiger partial charge >= 0.3 is 5.69 Å². The lowest BCUT2D eigenvalue weighted by Gasteiger charge is -2.13. The van der Waals surface area contributed by atoms with Crippen LogP contribution in [0.1, 0.15) is 0 Å². The molecule has 1 aromatic heterocycles. The Morgan fingerprint density at radius 2 is 2.15 bits per heavy atom. The molecule has 0 atom stereocenters. The summed E-state index contributed by atoms with van der Waals surface area (Å²) in [5, 5.41) is 10.6. The number of aromatic nitrogens is 1. The number of nitrogens with zero attached hydrogens (tertiary/aromatic N) is 3. The summed E-state index contributed by atoms with van der Waals surface area (Å²) < 4.78 is 0.617. The number of hydrogen-bond donors (Lipinski definition) is 0. The monoisotopic (exact) mass is 245 g/mol. The van der Waals surface area contributed by atoms with Gasteiger partial charge in [0.25, 0.3) is 0 Å². The minimum absolute atomic E-state index is 0.000579. The first-order valence-corrected chi connectivity index (χ1v) is 4.28. The topological polar surface area (TPSA) is 59.3 Å². The molecular formula is C7H8BrN3O2. The summed E-state index contributed by atoms with van der Waals surface area (Å²) in [5.41, 5.74) is 0.527. The van der Waals surface area contributed by atoms with Crippen LogP contribution >= 0.6 is 15.9 Å². The van der Waals surface area contributed by atoms with Gasteiger partial charge in [-0.1, -0.05) is 0 Å². The molecule has 0 spiro atoms. The summed E-state index contributed by atoms with van der Waals surface area (Å²) in [6.07, 6.45) is 2.77. The summed E-state index contributed by atoms with van der Waals surface area (Å²) in [5.74, 6) is 0. The molecule has 1 rings (SSSR count). The predicted octanol–water partition coefficient (Wildman–Crippen LogP) is 1.82. The fraction of sp³-hybridized carbons (Fsp3) is 0.286. The summed E-state index contributed by atoms with van der Waals surface area (Å²) in [6, 6.07) is 0. The first kappa shape index (κ1) is 9.91. The van der Waals surface area contributed by atoms with Crippen molar-refractivity contribution in [3.63, 3.8) is 0 Å². The first-order chi connectivity index (χ1) is 6.04. The predicted molar refractivity (Wildman–Crippen MR) is 52.9 cm³/mol. The molecule has 1 heterocycles. The van der Waals surface area contributed by atoms with E-state index in [0.717, 1.165) is 0 Å². The van der Waals surface area contributed by atoms with Gasteiger partial charge in [-0.25, -0.2) is 0 Å². The normalized spacial score (nSPS) is 9.77. The lowest BCUT2D eigenvalue weighted by molar-refractivity contribution is -0.384. The van der Waals surface area contributed by atoms with Crippen LogP contribution < -0.4 is 4.90 Å². The highest BCUT2D eigenvalue weighted by Crippen LogP contribution is 2.32. The maximum absolute atomic E-state index is 10.6. The zero-order valence-corrected chi connectivity index (χ0v) is 8.78. The summed E-state index contributed by atoms with van der Waals surface area (Å²) >= 11 is 3.21. The van der Waals surface area contributed by atoms with Gasteiger partial charge in [-0.3, -0.25) is 15.1 Å². The van der Waals surface area contributed by atoms with Crippen molar-refractivity contribution in [3.8, 4) is 0 Å². The molecule has 13 heavy (non-hydrogen) atoms. The molecule has 0 aliphatic heterocycles. The quantitative estimate of drug-likeness (QED) is 0.589. The van der Waals surface area contributed by atoms with Crippen molar-refractivity contribution in [2.75, 3.05) is 19.0 Å². The standard InChI is InChI=1S/C7H8BrN3O2/c1-10(2)7-5(8)3-9-4-6(7)11(12)13/h3-4H,1-2H3. The molecule has 1 aromatic rings. The average molecular weight is 246 g/mol. The minimum atomic E-state index is -0.451. The molecule has 5 nitrogen and oxygen atoms in total. The molecule has 0 aliphatic carbocycles. The summed E-state index contributed by atoms with van der Waals surface area (Å²) in [6.45, 7) is 0. The lowest BCUT2D eigenvalue weighted by Crippen LogP contribution is -2.12. The van der Waals surface area contributed by atoms with Crippen molar-refractivity contribution in [1.29, 1.82) is 0 Å². The van der Waals surface area contributed by atoms with E-state index in [4.69, 9.17) is 0 Å². The smallest absolute Gasteiger partial charge is 0.311 e. The van der Waals surface area contributed by atoms with E-state index in [2.05, 4.69) is 20.9 Å². The SMILES string of the molecule is CN(C)c1c(Br)cncc1[N+](=O)[O-]. The molecule has 0 aliphatic rings. The van der Waals surface area contributed by atoms with Crippen LogP contribution in [0.5, 0.6) is 0 Å².